The van der Waals surface area contributed by atoms with Crippen LogP contribution in [0.25, 0.3) is 0 Å². The van der Waals surface area contributed by atoms with Gasteiger partial charge in [0.15, 0.2) is 5.76 Å². The summed E-state index contributed by atoms with van der Waals surface area (Å²) in [7, 11) is 0. The molecule has 16 heavy (non-hydrogen) atoms. The predicted octanol–water partition coefficient (Wildman–Crippen LogP) is 2.05. The summed E-state index contributed by atoms with van der Waals surface area (Å²) in [5.41, 5.74) is 0.0330. The topological polar surface area (TPSA) is 83.8 Å². The van der Waals surface area contributed by atoms with Gasteiger partial charge in [-0.3, -0.25) is 0 Å². The first-order chi connectivity index (χ1) is 6.97. The van der Waals surface area contributed by atoms with Crippen molar-refractivity contribution in [2.75, 3.05) is 0 Å². The van der Waals surface area contributed by atoms with Gasteiger partial charge in [-0.05, 0) is 34.3 Å². The lowest BCUT2D eigenvalue weighted by Gasteiger charge is -2.19. The minimum Gasteiger partial charge on any atom is -0.502 e. The standard InChI is InChI=1S/C8H14O2.C3H4O3/c1-6(2)7(9)10-8(3,4)5;1-2(4)3(5)6/h1H2,2-5H3;4H,1H2,(H,5,6). The van der Waals surface area contributed by atoms with Crippen LogP contribution in [0, 0.1) is 0 Å². The van der Waals surface area contributed by atoms with E-state index in [0.717, 1.165) is 0 Å². The normalized spacial score (nSPS) is 9.50. The molecule has 0 heterocycles. The molecule has 0 bridgehead atoms. The maximum Gasteiger partial charge on any atom is 0.370 e. The molecule has 0 spiro atoms. The summed E-state index contributed by atoms with van der Waals surface area (Å²) in [5.74, 6) is -2.53. The van der Waals surface area contributed by atoms with Gasteiger partial charge in [0.05, 0.1) is 0 Å². The van der Waals surface area contributed by atoms with Crippen LogP contribution in [0.1, 0.15) is 27.7 Å². The molecule has 0 aromatic rings. The summed E-state index contributed by atoms with van der Waals surface area (Å²) in [4.78, 5) is 20.2. The molecular formula is C11H18O5. The molecule has 0 fully saturated rings. The number of hydrogen-bond donors (Lipinski definition) is 2. The van der Waals surface area contributed by atoms with E-state index in [1.54, 1.807) is 6.92 Å². The Morgan fingerprint density at radius 2 is 1.44 bits per heavy atom. The predicted molar refractivity (Wildman–Crippen MR) is 60.1 cm³/mol. The number of esters is 1. The first-order valence-corrected chi connectivity index (χ1v) is 4.47. The molecule has 0 atom stereocenters. The maximum atomic E-state index is 10.8. The van der Waals surface area contributed by atoms with Gasteiger partial charge >= 0.3 is 11.9 Å². The molecule has 92 valence electrons. The second-order valence-electron chi connectivity index (χ2n) is 4.03. The van der Waals surface area contributed by atoms with Gasteiger partial charge in [0, 0.05) is 5.57 Å². The van der Waals surface area contributed by atoms with Crippen molar-refractivity contribution in [3.05, 3.63) is 24.5 Å². The fourth-order valence-electron chi connectivity index (χ4n) is 0.365. The molecule has 0 aromatic heterocycles. The molecule has 0 aromatic carbocycles. The van der Waals surface area contributed by atoms with E-state index in [-0.39, 0.29) is 5.97 Å². The van der Waals surface area contributed by atoms with E-state index in [1.807, 2.05) is 20.8 Å². The van der Waals surface area contributed by atoms with Crippen LogP contribution in [-0.2, 0) is 14.3 Å². The Morgan fingerprint density at radius 3 is 1.50 bits per heavy atom. The molecular weight excluding hydrogens is 212 g/mol. The van der Waals surface area contributed by atoms with Crippen LogP contribution in [-0.4, -0.2) is 27.8 Å². The third-order valence-corrected chi connectivity index (χ3v) is 0.994. The summed E-state index contributed by atoms with van der Waals surface area (Å²) in [6.45, 7) is 13.3. The first kappa shape index (κ1) is 16.6. The lowest BCUT2D eigenvalue weighted by Crippen LogP contribution is -2.23. The minimum atomic E-state index is -1.38. The zero-order valence-electron chi connectivity index (χ0n) is 10.0. The van der Waals surface area contributed by atoms with Crippen LogP contribution >= 0.6 is 0 Å². The van der Waals surface area contributed by atoms with Crippen LogP contribution in [0.5, 0.6) is 0 Å². The Balaban J connectivity index is 0. The molecule has 5 nitrogen and oxygen atoms in total. The summed E-state index contributed by atoms with van der Waals surface area (Å²) < 4.78 is 4.96. The Morgan fingerprint density at radius 1 is 1.12 bits per heavy atom. The van der Waals surface area contributed by atoms with Crippen molar-refractivity contribution < 1.29 is 24.5 Å². The van der Waals surface area contributed by atoms with Crippen molar-refractivity contribution in [3.8, 4) is 0 Å². The molecule has 0 unspecified atom stereocenters. The zero-order valence-corrected chi connectivity index (χ0v) is 10.0. The summed E-state index contributed by atoms with van der Waals surface area (Å²) in [6.07, 6.45) is 0. The quantitative estimate of drug-likeness (QED) is 0.431. The Bertz CT molecular complexity index is 284. The van der Waals surface area contributed by atoms with Gasteiger partial charge in [-0.1, -0.05) is 6.58 Å². The highest BCUT2D eigenvalue weighted by molar-refractivity contribution is 5.87. The second kappa shape index (κ2) is 6.66. The molecule has 2 N–H and O–H groups in total. The Hall–Kier alpha value is -1.78. The average Bonchev–Trinajstić information content (AvgIpc) is 2.01. The van der Waals surface area contributed by atoms with Crippen molar-refractivity contribution in [3.63, 3.8) is 0 Å². The van der Waals surface area contributed by atoms with Crippen molar-refractivity contribution in [2.24, 2.45) is 0 Å². The maximum absolute atomic E-state index is 10.8. The molecule has 0 aliphatic heterocycles. The molecule has 0 aliphatic rings. The average molecular weight is 230 g/mol. The number of rotatable bonds is 2. The Kier molecular flexibility index (Phi) is 6.92. The fourth-order valence-corrected chi connectivity index (χ4v) is 0.365. The lowest BCUT2D eigenvalue weighted by molar-refractivity contribution is -0.149. The number of aliphatic hydroxyl groups is 1. The van der Waals surface area contributed by atoms with Crippen molar-refractivity contribution in [2.45, 2.75) is 33.3 Å². The largest absolute Gasteiger partial charge is 0.502 e. The number of hydrogen-bond acceptors (Lipinski definition) is 4. The van der Waals surface area contributed by atoms with Crippen molar-refractivity contribution in [1.29, 1.82) is 0 Å². The van der Waals surface area contributed by atoms with E-state index in [4.69, 9.17) is 14.9 Å². The fraction of sp³-hybridized carbons (Fsp3) is 0.455. The number of aliphatic carboxylic acids is 1. The monoisotopic (exact) mass is 230 g/mol. The van der Waals surface area contributed by atoms with Crippen molar-refractivity contribution in [1.82, 2.24) is 0 Å². The number of carbonyl (C=O) groups excluding carboxylic acids is 1. The molecule has 0 saturated heterocycles. The highest BCUT2D eigenvalue weighted by atomic mass is 16.6. The summed E-state index contributed by atoms with van der Waals surface area (Å²) >= 11 is 0. The summed E-state index contributed by atoms with van der Waals surface area (Å²) in [5, 5.41) is 15.5. The van der Waals surface area contributed by atoms with Crippen LogP contribution in [0.4, 0.5) is 0 Å². The molecule has 0 amide bonds. The van der Waals surface area contributed by atoms with E-state index >= 15 is 0 Å². The van der Waals surface area contributed by atoms with Gasteiger partial charge in [0.25, 0.3) is 0 Å². The van der Waals surface area contributed by atoms with Crippen molar-refractivity contribution >= 4 is 11.9 Å². The molecule has 0 saturated carbocycles. The third-order valence-electron chi connectivity index (χ3n) is 0.994. The first-order valence-electron chi connectivity index (χ1n) is 4.47. The lowest BCUT2D eigenvalue weighted by atomic mass is 10.2. The van der Waals surface area contributed by atoms with Gasteiger partial charge in [0.2, 0.25) is 0 Å². The number of carboxylic acids is 1. The van der Waals surface area contributed by atoms with E-state index in [0.29, 0.717) is 5.57 Å². The van der Waals surface area contributed by atoms with Crippen LogP contribution < -0.4 is 0 Å². The highest BCUT2D eigenvalue weighted by Gasteiger charge is 2.15. The number of carboxylic acid groups (broad SMARTS) is 1. The molecule has 5 heteroatoms. The van der Waals surface area contributed by atoms with Gasteiger partial charge in [0.1, 0.15) is 5.60 Å². The van der Waals surface area contributed by atoms with Gasteiger partial charge in [-0.25, -0.2) is 9.59 Å². The van der Waals surface area contributed by atoms with E-state index in [2.05, 4.69) is 13.2 Å². The number of ether oxygens (including phenoxy) is 1. The zero-order chi connectivity index (χ0) is 13.5. The number of aliphatic hydroxyl groups excluding tert-OH is 1. The van der Waals surface area contributed by atoms with E-state index in [1.165, 1.54) is 0 Å². The van der Waals surface area contributed by atoms with E-state index in [9.17, 15) is 9.59 Å². The minimum absolute atomic E-state index is 0.326. The smallest absolute Gasteiger partial charge is 0.370 e. The number of carbonyl (C=O) groups is 2. The summed E-state index contributed by atoms with van der Waals surface area (Å²) in [6, 6.07) is 0. The van der Waals surface area contributed by atoms with Gasteiger partial charge in [-0.2, -0.15) is 0 Å². The second-order valence-corrected chi connectivity index (χ2v) is 4.03. The molecule has 0 rings (SSSR count). The third kappa shape index (κ3) is 12.2. The molecule has 0 aliphatic carbocycles. The Labute approximate surface area is 95.0 Å². The van der Waals surface area contributed by atoms with Crippen LogP contribution in [0.2, 0.25) is 0 Å². The van der Waals surface area contributed by atoms with Gasteiger partial charge < -0.3 is 14.9 Å². The SMILES string of the molecule is C=C(C)C(=O)OC(C)(C)C.C=C(O)C(=O)O. The van der Waals surface area contributed by atoms with Gasteiger partial charge in [-0.15, -0.1) is 0 Å². The van der Waals surface area contributed by atoms with E-state index < -0.39 is 17.3 Å². The van der Waals surface area contributed by atoms with Crippen LogP contribution in [0.15, 0.2) is 24.5 Å². The van der Waals surface area contributed by atoms with Crippen LogP contribution in [0.3, 0.4) is 0 Å². The highest BCUT2D eigenvalue weighted by Crippen LogP contribution is 2.09. The molecule has 0 radical (unpaired) electrons.